The predicted octanol–water partition coefficient (Wildman–Crippen LogP) is 2.87. The number of carbonyl (C=O) groups excluding carboxylic acids is 1. The fourth-order valence-corrected chi connectivity index (χ4v) is 4.07. The van der Waals surface area contributed by atoms with Gasteiger partial charge in [0.1, 0.15) is 0 Å². The molecule has 148 valence electrons. The zero-order valence-electron chi connectivity index (χ0n) is 17.0. The van der Waals surface area contributed by atoms with E-state index in [0.29, 0.717) is 32.3 Å². The molecule has 7 heteroatoms. The molecule has 0 aliphatic carbocycles. The lowest BCUT2D eigenvalue weighted by atomic mass is 9.80. The number of para-hydroxylation sites is 1. The summed E-state index contributed by atoms with van der Waals surface area (Å²) in [5, 5.41) is 3.04. The topological polar surface area (TPSA) is 70.6 Å². The van der Waals surface area contributed by atoms with Gasteiger partial charge < -0.3 is 19.9 Å². The van der Waals surface area contributed by atoms with Crippen molar-refractivity contribution in [3.8, 4) is 0 Å². The number of nitrogens with one attached hydrogen (secondary N) is 1. The largest absolute Gasteiger partial charge is 0.376 e. The molecule has 2 amide bonds. The van der Waals surface area contributed by atoms with Gasteiger partial charge in [0.25, 0.3) is 0 Å². The minimum atomic E-state index is -0.269. The van der Waals surface area contributed by atoms with Gasteiger partial charge >= 0.3 is 6.03 Å². The predicted molar refractivity (Wildman–Crippen MR) is 109 cm³/mol. The number of ether oxygens (including phenoxy) is 1. The van der Waals surface area contributed by atoms with Crippen LogP contribution in [0.15, 0.2) is 24.3 Å². The van der Waals surface area contributed by atoms with Gasteiger partial charge in [0.2, 0.25) is 5.95 Å². The van der Waals surface area contributed by atoms with Crippen LogP contribution in [0.2, 0.25) is 0 Å². The SMILES string of the molecule is Cc1ccccc1NC(=O)N1CC[C@@]2(COCc3c(C)nc(N(C)C)nc32)C1. The van der Waals surface area contributed by atoms with Crippen LogP contribution in [0.3, 0.4) is 0 Å². The Bertz CT molecular complexity index is 914. The Hall–Kier alpha value is -2.67. The van der Waals surface area contributed by atoms with E-state index in [1.54, 1.807) is 0 Å². The summed E-state index contributed by atoms with van der Waals surface area (Å²) in [6.07, 6.45) is 0.838. The Labute approximate surface area is 165 Å². The maximum Gasteiger partial charge on any atom is 0.321 e. The molecule has 28 heavy (non-hydrogen) atoms. The Balaban J connectivity index is 1.60. The number of rotatable bonds is 2. The van der Waals surface area contributed by atoms with E-state index in [0.717, 1.165) is 34.6 Å². The van der Waals surface area contributed by atoms with E-state index in [4.69, 9.17) is 9.72 Å². The normalized spacial score (nSPS) is 20.9. The fourth-order valence-electron chi connectivity index (χ4n) is 4.07. The number of carbonyl (C=O) groups is 1. The minimum Gasteiger partial charge on any atom is -0.376 e. The molecule has 0 bridgehead atoms. The Kier molecular flexibility index (Phi) is 4.71. The monoisotopic (exact) mass is 381 g/mol. The van der Waals surface area contributed by atoms with Gasteiger partial charge in [-0.15, -0.1) is 0 Å². The van der Waals surface area contributed by atoms with Gasteiger partial charge in [-0.25, -0.2) is 14.8 Å². The van der Waals surface area contributed by atoms with Crippen molar-refractivity contribution in [3.05, 3.63) is 46.8 Å². The molecule has 1 atom stereocenters. The average molecular weight is 381 g/mol. The molecule has 1 aromatic heterocycles. The van der Waals surface area contributed by atoms with Crippen LogP contribution in [0, 0.1) is 13.8 Å². The van der Waals surface area contributed by atoms with Crippen molar-refractivity contribution >= 4 is 17.7 Å². The first-order valence-electron chi connectivity index (χ1n) is 9.64. The standard InChI is InChI=1S/C21H27N5O2/c1-14-7-5-6-8-17(14)23-20(27)26-10-9-21(12-26)13-28-11-16-15(2)22-19(25(3)4)24-18(16)21/h5-8H,9-13H2,1-4H3,(H,23,27)/t21-/m0/s1. The van der Waals surface area contributed by atoms with Gasteiger partial charge in [-0.05, 0) is 31.9 Å². The number of hydrogen-bond donors (Lipinski definition) is 1. The molecular weight excluding hydrogens is 354 g/mol. The van der Waals surface area contributed by atoms with Gasteiger partial charge in [-0.3, -0.25) is 0 Å². The second kappa shape index (κ2) is 7.05. The second-order valence-corrected chi connectivity index (χ2v) is 8.02. The third kappa shape index (κ3) is 3.20. The fraction of sp³-hybridized carbons (Fsp3) is 0.476. The van der Waals surface area contributed by atoms with Crippen molar-refractivity contribution < 1.29 is 9.53 Å². The Morgan fingerprint density at radius 1 is 1.25 bits per heavy atom. The van der Waals surface area contributed by atoms with Crippen LogP contribution in [0.25, 0.3) is 0 Å². The molecular formula is C21H27N5O2. The van der Waals surface area contributed by atoms with E-state index in [1.165, 1.54) is 0 Å². The number of nitrogens with zero attached hydrogens (tertiary/aromatic N) is 4. The molecule has 2 aromatic rings. The second-order valence-electron chi connectivity index (χ2n) is 8.02. The van der Waals surface area contributed by atoms with Crippen LogP contribution in [-0.4, -0.2) is 54.7 Å². The van der Waals surface area contributed by atoms with E-state index in [2.05, 4.69) is 10.3 Å². The molecule has 1 aromatic carbocycles. The van der Waals surface area contributed by atoms with Crippen molar-refractivity contribution in [2.45, 2.75) is 32.3 Å². The van der Waals surface area contributed by atoms with Crippen LogP contribution in [0.4, 0.5) is 16.4 Å². The smallest absolute Gasteiger partial charge is 0.321 e. The lowest BCUT2D eigenvalue weighted by molar-refractivity contribution is 0.0516. The molecule has 0 saturated carbocycles. The number of aromatic nitrogens is 2. The highest BCUT2D eigenvalue weighted by atomic mass is 16.5. The summed E-state index contributed by atoms with van der Waals surface area (Å²) in [7, 11) is 3.90. The molecule has 7 nitrogen and oxygen atoms in total. The summed E-state index contributed by atoms with van der Waals surface area (Å²) in [4.78, 5) is 26.2. The average Bonchev–Trinajstić information content (AvgIpc) is 3.09. The molecule has 3 heterocycles. The van der Waals surface area contributed by atoms with E-state index in [1.807, 2.05) is 62.0 Å². The number of hydrogen-bond acceptors (Lipinski definition) is 5. The number of amides is 2. The first-order chi connectivity index (χ1) is 13.4. The van der Waals surface area contributed by atoms with Crippen molar-refractivity contribution in [2.24, 2.45) is 0 Å². The summed E-state index contributed by atoms with van der Waals surface area (Å²) in [5.41, 5.74) is 4.70. The lowest BCUT2D eigenvalue weighted by Gasteiger charge is -2.35. The highest BCUT2D eigenvalue weighted by Gasteiger charge is 2.46. The summed E-state index contributed by atoms with van der Waals surface area (Å²) < 4.78 is 5.93. The lowest BCUT2D eigenvalue weighted by Crippen LogP contribution is -2.43. The van der Waals surface area contributed by atoms with Gasteiger partial charge in [0.15, 0.2) is 0 Å². The maximum absolute atomic E-state index is 12.9. The van der Waals surface area contributed by atoms with E-state index in [-0.39, 0.29) is 11.4 Å². The van der Waals surface area contributed by atoms with Crippen LogP contribution >= 0.6 is 0 Å². The van der Waals surface area contributed by atoms with E-state index >= 15 is 0 Å². The number of anilines is 2. The first kappa shape index (κ1) is 18.7. The summed E-state index contributed by atoms with van der Waals surface area (Å²) >= 11 is 0. The summed E-state index contributed by atoms with van der Waals surface area (Å²) in [5.74, 6) is 0.709. The zero-order chi connectivity index (χ0) is 19.9. The molecule has 2 aliphatic heterocycles. The quantitative estimate of drug-likeness (QED) is 0.866. The molecule has 0 unspecified atom stereocenters. The van der Waals surface area contributed by atoms with Crippen molar-refractivity contribution in [3.63, 3.8) is 0 Å². The highest BCUT2D eigenvalue weighted by Crippen LogP contribution is 2.40. The van der Waals surface area contributed by atoms with Gasteiger partial charge in [-0.2, -0.15) is 0 Å². The molecule has 4 rings (SSSR count). The van der Waals surface area contributed by atoms with Crippen molar-refractivity contribution in [1.82, 2.24) is 14.9 Å². The van der Waals surface area contributed by atoms with Crippen LogP contribution in [-0.2, 0) is 16.8 Å². The van der Waals surface area contributed by atoms with Crippen LogP contribution in [0.1, 0.15) is 28.9 Å². The third-order valence-electron chi connectivity index (χ3n) is 5.76. The maximum atomic E-state index is 12.9. The minimum absolute atomic E-state index is 0.0723. The molecule has 0 radical (unpaired) electrons. The third-order valence-corrected chi connectivity index (χ3v) is 5.76. The molecule has 2 aliphatic rings. The van der Waals surface area contributed by atoms with Crippen molar-refractivity contribution in [1.29, 1.82) is 0 Å². The van der Waals surface area contributed by atoms with Gasteiger partial charge in [0.05, 0.1) is 24.3 Å². The molecule has 1 saturated heterocycles. The van der Waals surface area contributed by atoms with Gasteiger partial charge in [-0.1, -0.05) is 18.2 Å². The molecule has 1 spiro atoms. The zero-order valence-corrected chi connectivity index (χ0v) is 17.0. The van der Waals surface area contributed by atoms with Crippen molar-refractivity contribution in [2.75, 3.05) is 44.0 Å². The molecule has 1 N–H and O–H groups in total. The summed E-state index contributed by atoms with van der Waals surface area (Å²) in [6, 6.07) is 7.75. The van der Waals surface area contributed by atoms with Gasteiger partial charge in [0, 0.05) is 44.1 Å². The van der Waals surface area contributed by atoms with Crippen LogP contribution in [0.5, 0.6) is 0 Å². The Morgan fingerprint density at radius 2 is 2.04 bits per heavy atom. The highest BCUT2D eigenvalue weighted by molar-refractivity contribution is 5.90. The molecule has 1 fully saturated rings. The number of benzene rings is 1. The number of urea groups is 1. The number of aryl methyl sites for hydroxylation is 2. The number of fused-ring (bicyclic) bond motifs is 2. The first-order valence-corrected chi connectivity index (χ1v) is 9.64. The van der Waals surface area contributed by atoms with E-state index in [9.17, 15) is 4.79 Å². The van der Waals surface area contributed by atoms with E-state index < -0.39 is 0 Å². The number of likely N-dealkylation sites (tertiary alicyclic amines) is 1. The van der Waals surface area contributed by atoms with Crippen LogP contribution < -0.4 is 10.2 Å². The summed E-state index contributed by atoms with van der Waals surface area (Å²) in [6.45, 7) is 6.40. The Morgan fingerprint density at radius 3 is 2.79 bits per heavy atom.